The number of hydrogen-bond donors (Lipinski definition) is 1. The second-order valence-electron chi connectivity index (χ2n) is 3.84. The number of esters is 1. The summed E-state index contributed by atoms with van der Waals surface area (Å²) in [6, 6.07) is 0. The molecule has 17 heavy (non-hydrogen) atoms. The number of carbonyl (C=O) groups excluding carboxylic acids is 1. The number of anilines is 1. The van der Waals surface area contributed by atoms with Crippen LogP contribution in [0.5, 0.6) is 0 Å². The van der Waals surface area contributed by atoms with Crippen LogP contribution in [-0.2, 0) is 4.74 Å². The summed E-state index contributed by atoms with van der Waals surface area (Å²) in [5, 5.41) is 3.32. The third-order valence-electron chi connectivity index (χ3n) is 2.70. The Bertz CT molecular complexity index is 372. The fourth-order valence-electron chi connectivity index (χ4n) is 1.77. The molecule has 0 aliphatic carbocycles. The Balaban J connectivity index is 2.08. The Morgan fingerprint density at radius 1 is 1.35 bits per heavy atom. The lowest BCUT2D eigenvalue weighted by Crippen LogP contribution is -2.28. The van der Waals surface area contributed by atoms with Gasteiger partial charge in [0.2, 0.25) is 0 Å². The first-order valence-corrected chi connectivity index (χ1v) is 5.67. The van der Waals surface area contributed by atoms with Crippen LogP contribution in [0.3, 0.4) is 0 Å². The van der Waals surface area contributed by atoms with E-state index in [1.807, 2.05) is 0 Å². The molecule has 92 valence electrons. The maximum absolute atomic E-state index is 11.2. The van der Waals surface area contributed by atoms with Crippen molar-refractivity contribution in [1.82, 2.24) is 15.3 Å². The fraction of sp³-hybridized carbons (Fsp3) is 0.545. The summed E-state index contributed by atoms with van der Waals surface area (Å²) in [5.74, 6) is 0.350. The van der Waals surface area contributed by atoms with Gasteiger partial charge in [-0.2, -0.15) is 0 Å². The normalized spacial score (nSPS) is 16.4. The van der Waals surface area contributed by atoms with Crippen molar-refractivity contribution in [2.75, 3.05) is 38.2 Å². The number of hydrogen-bond acceptors (Lipinski definition) is 6. The molecule has 0 atom stereocenters. The second kappa shape index (κ2) is 5.58. The van der Waals surface area contributed by atoms with Crippen LogP contribution in [-0.4, -0.2) is 49.2 Å². The minimum atomic E-state index is -0.457. The number of ether oxygens (including phenoxy) is 1. The number of nitrogens with zero attached hydrogens (tertiary/aromatic N) is 3. The molecule has 1 aliphatic rings. The molecule has 0 unspecified atom stereocenters. The summed E-state index contributed by atoms with van der Waals surface area (Å²) in [4.78, 5) is 21.7. The van der Waals surface area contributed by atoms with Crippen LogP contribution in [0.15, 0.2) is 12.4 Å². The van der Waals surface area contributed by atoms with Crippen LogP contribution in [0, 0.1) is 0 Å². The number of nitrogens with one attached hydrogen (secondary N) is 1. The van der Waals surface area contributed by atoms with Gasteiger partial charge in [0, 0.05) is 19.6 Å². The summed E-state index contributed by atoms with van der Waals surface area (Å²) in [6.45, 7) is 3.84. The molecule has 1 saturated heterocycles. The summed E-state index contributed by atoms with van der Waals surface area (Å²) in [7, 11) is 1.33. The van der Waals surface area contributed by atoms with Gasteiger partial charge in [0.25, 0.3) is 0 Å². The molecule has 6 nitrogen and oxygen atoms in total. The van der Waals surface area contributed by atoms with Crippen molar-refractivity contribution in [2.24, 2.45) is 0 Å². The predicted molar refractivity (Wildman–Crippen MR) is 63.1 cm³/mol. The summed E-state index contributed by atoms with van der Waals surface area (Å²) < 4.78 is 4.58. The first kappa shape index (κ1) is 11.8. The van der Waals surface area contributed by atoms with Gasteiger partial charge in [0.1, 0.15) is 5.82 Å². The lowest BCUT2D eigenvalue weighted by atomic mass is 10.4. The van der Waals surface area contributed by atoms with E-state index in [9.17, 15) is 4.79 Å². The molecule has 0 spiro atoms. The minimum Gasteiger partial charge on any atom is -0.464 e. The van der Waals surface area contributed by atoms with E-state index in [1.165, 1.54) is 13.3 Å². The lowest BCUT2D eigenvalue weighted by Gasteiger charge is -2.20. The topological polar surface area (TPSA) is 67.3 Å². The van der Waals surface area contributed by atoms with Crippen LogP contribution in [0.25, 0.3) is 0 Å². The van der Waals surface area contributed by atoms with Crippen molar-refractivity contribution in [2.45, 2.75) is 6.42 Å². The van der Waals surface area contributed by atoms with Gasteiger partial charge in [-0.15, -0.1) is 0 Å². The quantitative estimate of drug-likeness (QED) is 0.733. The van der Waals surface area contributed by atoms with Crippen molar-refractivity contribution in [3.05, 3.63) is 18.1 Å². The van der Waals surface area contributed by atoms with E-state index in [0.29, 0.717) is 0 Å². The molecule has 0 bridgehead atoms. The highest BCUT2D eigenvalue weighted by Gasteiger charge is 2.13. The molecule has 1 aromatic rings. The maximum atomic E-state index is 11.2. The second-order valence-corrected chi connectivity index (χ2v) is 3.84. The zero-order chi connectivity index (χ0) is 12.1. The van der Waals surface area contributed by atoms with E-state index in [1.54, 1.807) is 6.20 Å². The van der Waals surface area contributed by atoms with Crippen LogP contribution in [0.1, 0.15) is 16.9 Å². The molecule has 1 N–H and O–H groups in total. The summed E-state index contributed by atoms with van der Waals surface area (Å²) in [5.41, 5.74) is 0.240. The molecule has 2 heterocycles. The Labute approximate surface area is 100 Å². The number of aromatic nitrogens is 2. The molecule has 1 aromatic heterocycles. The van der Waals surface area contributed by atoms with Gasteiger partial charge in [-0.3, -0.25) is 0 Å². The van der Waals surface area contributed by atoms with E-state index in [0.717, 1.165) is 38.4 Å². The average Bonchev–Trinajstić information content (AvgIpc) is 2.67. The van der Waals surface area contributed by atoms with Crippen molar-refractivity contribution < 1.29 is 9.53 Å². The minimum absolute atomic E-state index is 0.240. The van der Waals surface area contributed by atoms with Crippen LogP contribution in [0.4, 0.5) is 5.82 Å². The molecule has 0 radical (unpaired) electrons. The van der Waals surface area contributed by atoms with Crippen LogP contribution in [0.2, 0.25) is 0 Å². The number of rotatable bonds is 2. The van der Waals surface area contributed by atoms with E-state index in [4.69, 9.17) is 0 Å². The van der Waals surface area contributed by atoms with Gasteiger partial charge in [-0.05, 0) is 13.0 Å². The van der Waals surface area contributed by atoms with E-state index < -0.39 is 5.97 Å². The van der Waals surface area contributed by atoms with Crippen molar-refractivity contribution in [1.29, 1.82) is 0 Å². The SMILES string of the molecule is COC(=O)c1cnc(N2CCCNCC2)cn1. The molecule has 0 saturated carbocycles. The third-order valence-corrected chi connectivity index (χ3v) is 2.70. The smallest absolute Gasteiger partial charge is 0.358 e. The lowest BCUT2D eigenvalue weighted by molar-refractivity contribution is 0.0593. The van der Waals surface area contributed by atoms with Crippen molar-refractivity contribution in [3.8, 4) is 0 Å². The van der Waals surface area contributed by atoms with Crippen LogP contribution < -0.4 is 10.2 Å². The molecular formula is C11H16N4O2. The zero-order valence-corrected chi connectivity index (χ0v) is 9.85. The van der Waals surface area contributed by atoms with Gasteiger partial charge in [0.05, 0.1) is 19.5 Å². The van der Waals surface area contributed by atoms with E-state index >= 15 is 0 Å². The third kappa shape index (κ3) is 2.91. The molecule has 0 amide bonds. The summed E-state index contributed by atoms with van der Waals surface area (Å²) in [6.07, 6.45) is 4.16. The standard InChI is InChI=1S/C11H16N4O2/c1-17-11(16)9-7-14-10(8-13-9)15-5-2-3-12-4-6-15/h7-8,12H,2-6H2,1H3. The molecule has 1 aliphatic heterocycles. The Morgan fingerprint density at radius 3 is 2.94 bits per heavy atom. The molecule has 1 fully saturated rings. The fourth-order valence-corrected chi connectivity index (χ4v) is 1.77. The first-order valence-electron chi connectivity index (χ1n) is 5.67. The van der Waals surface area contributed by atoms with Crippen molar-refractivity contribution >= 4 is 11.8 Å². The molecule has 6 heteroatoms. The number of methoxy groups -OCH3 is 1. The molecule has 2 rings (SSSR count). The zero-order valence-electron chi connectivity index (χ0n) is 9.85. The van der Waals surface area contributed by atoms with Gasteiger partial charge >= 0.3 is 5.97 Å². The predicted octanol–water partition coefficient (Wildman–Crippen LogP) is 0.0629. The van der Waals surface area contributed by atoms with Crippen molar-refractivity contribution in [3.63, 3.8) is 0 Å². The monoisotopic (exact) mass is 236 g/mol. The van der Waals surface area contributed by atoms with Gasteiger partial charge in [-0.1, -0.05) is 0 Å². The maximum Gasteiger partial charge on any atom is 0.358 e. The van der Waals surface area contributed by atoms with E-state index in [-0.39, 0.29) is 5.69 Å². The van der Waals surface area contributed by atoms with E-state index in [2.05, 4.69) is 24.9 Å². The first-order chi connectivity index (χ1) is 8.31. The highest BCUT2D eigenvalue weighted by Crippen LogP contribution is 2.10. The van der Waals surface area contributed by atoms with Gasteiger partial charge in [0.15, 0.2) is 5.69 Å². The Kier molecular flexibility index (Phi) is 3.87. The van der Waals surface area contributed by atoms with Gasteiger partial charge < -0.3 is 15.0 Å². The molecular weight excluding hydrogens is 220 g/mol. The van der Waals surface area contributed by atoms with Gasteiger partial charge in [-0.25, -0.2) is 14.8 Å². The number of carbonyl (C=O) groups is 1. The highest BCUT2D eigenvalue weighted by atomic mass is 16.5. The van der Waals surface area contributed by atoms with Crippen LogP contribution >= 0.6 is 0 Å². The average molecular weight is 236 g/mol. The highest BCUT2D eigenvalue weighted by molar-refractivity contribution is 5.86. The Morgan fingerprint density at radius 2 is 2.24 bits per heavy atom. The molecule has 0 aromatic carbocycles. The largest absolute Gasteiger partial charge is 0.464 e. The Hall–Kier alpha value is -1.69. The summed E-state index contributed by atoms with van der Waals surface area (Å²) >= 11 is 0.